The topological polar surface area (TPSA) is 307 Å². The molecule has 0 spiro atoms. The zero-order valence-electron chi connectivity index (χ0n) is 20.2. The predicted molar refractivity (Wildman–Crippen MR) is 124 cm³/mol. The molecular weight excluding hydrogens is 647 g/mol. The number of carbonyl (C=O) groups excluding carboxylic acids is 1. The Bertz CT molecular complexity index is 943. The van der Waals surface area contributed by atoms with Crippen molar-refractivity contribution in [3.05, 3.63) is 0 Å². The molecule has 0 aromatic heterocycles. The third-order valence-electron chi connectivity index (χ3n) is 4.26. The highest BCUT2D eigenvalue weighted by atomic mass is 31.2. The van der Waals surface area contributed by atoms with Gasteiger partial charge in [-0.25, -0.2) is 18.5 Å². The molecule has 1 saturated carbocycles. The number of rotatable bonds is 16. The van der Waals surface area contributed by atoms with Gasteiger partial charge in [-0.15, -0.1) is 0 Å². The van der Waals surface area contributed by atoms with Crippen molar-refractivity contribution in [3.63, 3.8) is 0 Å². The van der Waals surface area contributed by atoms with Crippen LogP contribution in [-0.2, 0) is 64.0 Å². The van der Waals surface area contributed by atoms with Crippen LogP contribution in [0.2, 0.25) is 0 Å². The fourth-order valence-electron chi connectivity index (χ4n) is 3.23. The van der Waals surface area contributed by atoms with Crippen molar-refractivity contribution in [2.75, 3.05) is 19.8 Å². The summed E-state index contributed by atoms with van der Waals surface area (Å²) in [5.74, 6) is 0. The van der Waals surface area contributed by atoms with Gasteiger partial charge in [0, 0.05) is 0 Å². The molecule has 6 N–H and O–H groups in total. The van der Waals surface area contributed by atoms with E-state index >= 15 is 0 Å². The van der Waals surface area contributed by atoms with E-state index in [2.05, 4.69) is 18.3 Å². The Kier molecular flexibility index (Phi) is 15.1. The second kappa shape index (κ2) is 15.9. The fraction of sp³-hybridized carbons (Fsp3) is 0.923. The van der Waals surface area contributed by atoms with Crippen molar-refractivity contribution in [2.45, 2.75) is 57.4 Å². The number of phosphoric ester groups is 3. The lowest BCUT2D eigenvalue weighted by atomic mass is 9.85. The maximum absolute atomic E-state index is 12.5. The summed E-state index contributed by atoms with van der Waals surface area (Å²) < 4.78 is 102. The van der Waals surface area contributed by atoms with E-state index < -0.39 is 96.0 Å². The first-order chi connectivity index (χ1) is 17.9. The molecule has 0 saturated heterocycles. The SMILES string of the molecule is CCOC(=O)OC1C(O[PH](=O)O)C(OP(=O)(O)OCC)C(OP(=O)(O)O)C(OP(=O)(O)OCC)C1O[PH](=O)O. The Balaban J connectivity index is 3.96. The normalized spacial score (nSPS) is 30.5. The third-order valence-corrected chi connectivity index (χ3v) is 7.92. The largest absolute Gasteiger partial charge is 0.508 e. The average molecular weight is 676 g/mol. The number of phosphoric acid groups is 3. The van der Waals surface area contributed by atoms with Crippen LogP contribution in [0, 0.1) is 0 Å². The van der Waals surface area contributed by atoms with E-state index in [0.29, 0.717) is 0 Å². The quantitative estimate of drug-likeness (QED) is 0.0962. The standard InChI is InChI=1S/C13H29O21P5/c1-4-26-13(14)29-7-8(30-35(15)16)10(33-38(22,23)27-5-2)12(32-37(19,20)21)11(9(7)31-36(17)18)34-39(24,25)28-6-3/h7-12,35-36H,4-6H2,1-3H3,(H,15,16)(H,17,18)(H,22,23)(H,24,25)(H2,19,20,21). The van der Waals surface area contributed by atoms with E-state index in [0.717, 1.165) is 0 Å². The molecule has 1 aliphatic rings. The van der Waals surface area contributed by atoms with E-state index in [4.69, 9.17) is 22.8 Å². The van der Waals surface area contributed by atoms with Crippen LogP contribution in [0.25, 0.3) is 0 Å². The van der Waals surface area contributed by atoms with Crippen molar-refractivity contribution in [1.82, 2.24) is 0 Å². The molecule has 1 aliphatic carbocycles. The Hall–Kier alpha value is -0.100. The molecule has 39 heavy (non-hydrogen) atoms. The third kappa shape index (κ3) is 12.7. The Morgan fingerprint density at radius 3 is 1.36 bits per heavy atom. The van der Waals surface area contributed by atoms with Crippen LogP contribution in [0.15, 0.2) is 0 Å². The molecular formula is C13H29O21P5. The van der Waals surface area contributed by atoms with Crippen LogP contribution in [0.4, 0.5) is 4.79 Å². The van der Waals surface area contributed by atoms with Crippen molar-refractivity contribution < 1.29 is 98.1 Å². The van der Waals surface area contributed by atoms with Crippen LogP contribution in [-0.4, -0.2) is 92.0 Å². The number of ether oxygens (including phenoxy) is 2. The number of carbonyl (C=O) groups is 1. The number of hydrogen-bond acceptors (Lipinski definition) is 15. The lowest BCUT2D eigenvalue weighted by Gasteiger charge is -2.47. The van der Waals surface area contributed by atoms with Crippen molar-refractivity contribution in [2.24, 2.45) is 0 Å². The zero-order valence-corrected chi connectivity index (χ0v) is 24.9. The summed E-state index contributed by atoms with van der Waals surface area (Å²) in [7, 11) is -24.6. The lowest BCUT2D eigenvalue weighted by molar-refractivity contribution is -0.205. The van der Waals surface area contributed by atoms with E-state index in [9.17, 15) is 57.0 Å². The molecule has 0 amide bonds. The smallest absolute Gasteiger partial charge is 0.435 e. The monoisotopic (exact) mass is 676 g/mol. The molecule has 0 bridgehead atoms. The van der Waals surface area contributed by atoms with Gasteiger partial charge in [-0.05, 0) is 20.8 Å². The van der Waals surface area contributed by atoms with Gasteiger partial charge in [0.1, 0.15) is 30.5 Å². The molecule has 1 fully saturated rings. The summed E-state index contributed by atoms with van der Waals surface area (Å²) in [6.45, 7) is 2.45. The van der Waals surface area contributed by atoms with Gasteiger partial charge in [-0.1, -0.05) is 0 Å². The van der Waals surface area contributed by atoms with Gasteiger partial charge in [0.05, 0.1) is 19.8 Å². The van der Waals surface area contributed by atoms with Crippen LogP contribution in [0.3, 0.4) is 0 Å². The van der Waals surface area contributed by atoms with E-state index in [1.807, 2.05) is 0 Å². The molecule has 0 aliphatic heterocycles. The van der Waals surface area contributed by atoms with Crippen LogP contribution in [0.5, 0.6) is 0 Å². The maximum atomic E-state index is 12.5. The summed E-state index contributed by atoms with van der Waals surface area (Å²) in [4.78, 5) is 70.1. The van der Waals surface area contributed by atoms with Gasteiger partial charge in [0.2, 0.25) is 0 Å². The van der Waals surface area contributed by atoms with Gasteiger partial charge in [-0.2, -0.15) is 0 Å². The second-order valence-electron chi connectivity index (χ2n) is 6.94. The second-order valence-corrected chi connectivity index (χ2v) is 12.5. The Labute approximate surface area is 221 Å². The van der Waals surface area contributed by atoms with E-state index in [1.165, 1.54) is 20.8 Å². The highest BCUT2D eigenvalue weighted by molar-refractivity contribution is 7.47. The summed E-state index contributed by atoms with van der Waals surface area (Å²) in [6.07, 6.45) is -16.4. The predicted octanol–water partition coefficient (Wildman–Crippen LogP) is 0.598. The Morgan fingerprint density at radius 2 is 1.05 bits per heavy atom. The molecule has 8 atom stereocenters. The molecule has 8 unspecified atom stereocenters. The van der Waals surface area contributed by atoms with Crippen molar-refractivity contribution in [3.8, 4) is 0 Å². The average Bonchev–Trinajstić information content (AvgIpc) is 2.74. The molecule has 21 nitrogen and oxygen atoms in total. The van der Waals surface area contributed by atoms with Crippen LogP contribution < -0.4 is 0 Å². The van der Waals surface area contributed by atoms with Gasteiger partial charge < -0.3 is 47.9 Å². The minimum atomic E-state index is -5.74. The minimum absolute atomic E-state index is 0.327. The first kappa shape index (κ1) is 36.9. The highest BCUT2D eigenvalue weighted by Crippen LogP contribution is 2.55. The van der Waals surface area contributed by atoms with Crippen molar-refractivity contribution in [1.29, 1.82) is 0 Å². The van der Waals surface area contributed by atoms with Crippen LogP contribution in [0.1, 0.15) is 20.8 Å². The summed E-state index contributed by atoms with van der Waals surface area (Å²) in [5, 5.41) is 0. The van der Waals surface area contributed by atoms with Gasteiger partial charge in [0.25, 0.3) is 0 Å². The summed E-state index contributed by atoms with van der Waals surface area (Å²) in [5.41, 5.74) is 0. The molecule has 0 heterocycles. The first-order valence-electron chi connectivity index (χ1n) is 10.5. The van der Waals surface area contributed by atoms with Gasteiger partial charge >= 0.3 is 46.1 Å². The molecule has 0 aromatic carbocycles. The lowest BCUT2D eigenvalue weighted by Crippen LogP contribution is -2.66. The van der Waals surface area contributed by atoms with Crippen molar-refractivity contribution >= 4 is 46.1 Å². The summed E-state index contributed by atoms with van der Waals surface area (Å²) in [6, 6.07) is 0. The fourth-order valence-corrected chi connectivity index (χ4v) is 6.66. The molecule has 26 heteroatoms. The number of hydrogen-bond donors (Lipinski definition) is 6. The zero-order chi connectivity index (χ0) is 30.2. The molecule has 1 rings (SSSR count). The highest BCUT2D eigenvalue weighted by Gasteiger charge is 2.61. The molecule has 0 radical (unpaired) electrons. The van der Waals surface area contributed by atoms with Crippen LogP contribution >= 0.6 is 40.0 Å². The summed E-state index contributed by atoms with van der Waals surface area (Å²) >= 11 is 0. The molecule has 0 aromatic rings. The maximum Gasteiger partial charge on any atom is 0.508 e. The van der Waals surface area contributed by atoms with E-state index in [1.54, 1.807) is 0 Å². The minimum Gasteiger partial charge on any atom is -0.435 e. The Morgan fingerprint density at radius 1 is 0.667 bits per heavy atom. The molecule has 232 valence electrons. The van der Waals surface area contributed by atoms with Gasteiger partial charge in [0.15, 0.2) is 6.10 Å². The van der Waals surface area contributed by atoms with Gasteiger partial charge in [-0.3, -0.25) is 31.7 Å². The first-order valence-corrected chi connectivity index (χ1v) is 17.6. The van der Waals surface area contributed by atoms with E-state index in [-0.39, 0.29) is 6.61 Å².